The van der Waals surface area contributed by atoms with Crippen LogP contribution in [-0.4, -0.2) is 14.8 Å². The second kappa shape index (κ2) is 4.03. The molecule has 12 heavy (non-hydrogen) atoms. The topological polar surface area (TPSA) is 30.7 Å². The highest BCUT2D eigenvalue weighted by molar-refractivity contribution is 9.08. The molecule has 1 rings (SSSR count). The largest absolute Gasteiger partial charge is 0.317 e. The Bertz CT molecular complexity index is 255. The molecular formula is C8H14BrN3. The molecule has 0 fully saturated rings. The first kappa shape index (κ1) is 9.71. The number of hydrogen-bond donors (Lipinski definition) is 0. The third-order valence-corrected chi connectivity index (χ3v) is 2.27. The van der Waals surface area contributed by atoms with Gasteiger partial charge in [-0.2, -0.15) is 0 Å². The molecule has 68 valence electrons. The number of hydrogen-bond acceptors (Lipinski definition) is 2. The van der Waals surface area contributed by atoms with Crippen molar-refractivity contribution in [1.29, 1.82) is 0 Å². The number of nitrogens with zero attached hydrogens (tertiary/aromatic N) is 3. The molecule has 1 aromatic heterocycles. The standard InChI is InChI=1S/C8H14BrN3/c1-6(2)4-7-10-11-8(5-9)12(7)3/h6H,4-5H2,1-3H3. The Labute approximate surface area is 81.3 Å². The first-order valence-corrected chi connectivity index (χ1v) is 5.20. The maximum Gasteiger partial charge on any atom is 0.143 e. The molecule has 0 unspecified atom stereocenters. The molecule has 0 saturated carbocycles. The summed E-state index contributed by atoms with van der Waals surface area (Å²) in [4.78, 5) is 0. The van der Waals surface area contributed by atoms with Gasteiger partial charge in [0.15, 0.2) is 0 Å². The maximum absolute atomic E-state index is 4.11. The third kappa shape index (κ3) is 2.06. The lowest BCUT2D eigenvalue weighted by atomic mass is 10.1. The van der Waals surface area contributed by atoms with Gasteiger partial charge in [-0.05, 0) is 5.92 Å². The van der Waals surface area contributed by atoms with Gasteiger partial charge in [-0.15, -0.1) is 10.2 Å². The van der Waals surface area contributed by atoms with Crippen molar-refractivity contribution in [1.82, 2.24) is 14.8 Å². The molecule has 0 bridgehead atoms. The predicted molar refractivity (Wildman–Crippen MR) is 52.2 cm³/mol. The predicted octanol–water partition coefficient (Wildman–Crippen LogP) is 1.91. The molecule has 0 saturated heterocycles. The van der Waals surface area contributed by atoms with Crippen molar-refractivity contribution >= 4 is 15.9 Å². The van der Waals surface area contributed by atoms with Gasteiger partial charge >= 0.3 is 0 Å². The number of halogens is 1. The zero-order valence-corrected chi connectivity index (χ0v) is 9.30. The van der Waals surface area contributed by atoms with Crippen molar-refractivity contribution in [3.05, 3.63) is 11.6 Å². The third-order valence-electron chi connectivity index (χ3n) is 1.77. The van der Waals surface area contributed by atoms with Gasteiger partial charge in [-0.25, -0.2) is 0 Å². The minimum atomic E-state index is 0.635. The molecule has 3 nitrogen and oxygen atoms in total. The van der Waals surface area contributed by atoms with E-state index in [-0.39, 0.29) is 0 Å². The summed E-state index contributed by atoms with van der Waals surface area (Å²) in [6.45, 7) is 4.37. The van der Waals surface area contributed by atoms with Gasteiger partial charge in [0.2, 0.25) is 0 Å². The first-order valence-electron chi connectivity index (χ1n) is 4.08. The molecule has 0 aliphatic rings. The fourth-order valence-corrected chi connectivity index (χ4v) is 1.55. The fraction of sp³-hybridized carbons (Fsp3) is 0.750. The second-order valence-electron chi connectivity index (χ2n) is 3.32. The maximum atomic E-state index is 4.11. The monoisotopic (exact) mass is 231 g/mol. The van der Waals surface area contributed by atoms with Gasteiger partial charge in [-0.1, -0.05) is 29.8 Å². The summed E-state index contributed by atoms with van der Waals surface area (Å²) >= 11 is 3.36. The van der Waals surface area contributed by atoms with Crippen LogP contribution < -0.4 is 0 Å². The summed E-state index contributed by atoms with van der Waals surface area (Å²) in [5.41, 5.74) is 0. The molecule has 4 heteroatoms. The summed E-state index contributed by atoms with van der Waals surface area (Å²) in [6, 6.07) is 0. The van der Waals surface area contributed by atoms with Crippen LogP contribution in [0, 0.1) is 5.92 Å². The van der Waals surface area contributed by atoms with E-state index in [0.717, 1.165) is 23.4 Å². The smallest absolute Gasteiger partial charge is 0.143 e. The Morgan fingerprint density at radius 1 is 1.33 bits per heavy atom. The van der Waals surface area contributed by atoms with Crippen LogP contribution in [0.1, 0.15) is 25.5 Å². The van der Waals surface area contributed by atoms with Gasteiger partial charge in [0.05, 0.1) is 5.33 Å². The van der Waals surface area contributed by atoms with Gasteiger partial charge in [0.1, 0.15) is 11.6 Å². The molecule has 1 aromatic rings. The lowest BCUT2D eigenvalue weighted by Gasteiger charge is -2.03. The Morgan fingerprint density at radius 2 is 1.92 bits per heavy atom. The van der Waals surface area contributed by atoms with Crippen LogP contribution in [0.15, 0.2) is 0 Å². The van der Waals surface area contributed by atoms with Crippen molar-refractivity contribution in [2.24, 2.45) is 13.0 Å². The molecule has 0 atom stereocenters. The van der Waals surface area contributed by atoms with Crippen molar-refractivity contribution in [2.75, 3.05) is 0 Å². The summed E-state index contributed by atoms with van der Waals surface area (Å²) < 4.78 is 2.05. The number of aromatic nitrogens is 3. The SMILES string of the molecule is CC(C)Cc1nnc(CBr)n1C. The summed E-state index contributed by atoms with van der Waals surface area (Å²) in [5.74, 6) is 2.70. The highest BCUT2D eigenvalue weighted by Crippen LogP contribution is 2.08. The van der Waals surface area contributed by atoms with E-state index in [4.69, 9.17) is 0 Å². The normalized spacial score (nSPS) is 11.1. The van der Waals surface area contributed by atoms with E-state index in [1.165, 1.54) is 0 Å². The molecule has 0 spiro atoms. The minimum Gasteiger partial charge on any atom is -0.317 e. The van der Waals surface area contributed by atoms with Crippen molar-refractivity contribution in [2.45, 2.75) is 25.6 Å². The molecule has 0 amide bonds. The zero-order valence-electron chi connectivity index (χ0n) is 7.71. The molecule has 0 aliphatic heterocycles. The van der Waals surface area contributed by atoms with Crippen LogP contribution in [-0.2, 0) is 18.8 Å². The van der Waals surface area contributed by atoms with Crippen LogP contribution in [0.2, 0.25) is 0 Å². The summed E-state index contributed by atoms with van der Waals surface area (Å²) in [5, 5.41) is 8.94. The van der Waals surface area contributed by atoms with E-state index in [9.17, 15) is 0 Å². The Hall–Kier alpha value is -0.380. The van der Waals surface area contributed by atoms with E-state index in [2.05, 4.69) is 44.5 Å². The lowest BCUT2D eigenvalue weighted by Crippen LogP contribution is -2.04. The fourth-order valence-electron chi connectivity index (χ4n) is 1.06. The summed E-state index contributed by atoms with van der Waals surface area (Å²) in [7, 11) is 2.01. The number of rotatable bonds is 3. The zero-order chi connectivity index (χ0) is 9.14. The Morgan fingerprint density at radius 3 is 2.33 bits per heavy atom. The van der Waals surface area contributed by atoms with E-state index in [1.54, 1.807) is 0 Å². The highest BCUT2D eigenvalue weighted by atomic mass is 79.9. The Balaban J connectivity index is 2.80. The second-order valence-corrected chi connectivity index (χ2v) is 3.88. The quantitative estimate of drug-likeness (QED) is 0.745. The van der Waals surface area contributed by atoms with Crippen LogP contribution in [0.25, 0.3) is 0 Å². The average Bonchev–Trinajstić information content (AvgIpc) is 2.32. The lowest BCUT2D eigenvalue weighted by molar-refractivity contribution is 0.598. The van der Waals surface area contributed by atoms with Crippen LogP contribution >= 0.6 is 15.9 Å². The van der Waals surface area contributed by atoms with Gasteiger partial charge in [0.25, 0.3) is 0 Å². The molecule has 0 aliphatic carbocycles. The van der Waals surface area contributed by atoms with Crippen molar-refractivity contribution < 1.29 is 0 Å². The van der Waals surface area contributed by atoms with E-state index in [1.807, 2.05) is 7.05 Å². The van der Waals surface area contributed by atoms with Gasteiger partial charge in [0, 0.05) is 13.5 Å². The van der Waals surface area contributed by atoms with Crippen LogP contribution in [0.5, 0.6) is 0 Å². The molecule has 0 aromatic carbocycles. The number of alkyl halides is 1. The van der Waals surface area contributed by atoms with E-state index < -0.39 is 0 Å². The van der Waals surface area contributed by atoms with Gasteiger partial charge < -0.3 is 4.57 Å². The molecule has 0 N–H and O–H groups in total. The van der Waals surface area contributed by atoms with Crippen LogP contribution in [0.3, 0.4) is 0 Å². The van der Waals surface area contributed by atoms with Crippen LogP contribution in [0.4, 0.5) is 0 Å². The van der Waals surface area contributed by atoms with E-state index in [0.29, 0.717) is 5.92 Å². The minimum absolute atomic E-state index is 0.635. The molecule has 0 radical (unpaired) electrons. The van der Waals surface area contributed by atoms with Gasteiger partial charge in [-0.3, -0.25) is 0 Å². The van der Waals surface area contributed by atoms with Crippen molar-refractivity contribution in [3.63, 3.8) is 0 Å². The average molecular weight is 232 g/mol. The van der Waals surface area contributed by atoms with E-state index >= 15 is 0 Å². The molecular weight excluding hydrogens is 218 g/mol. The first-order chi connectivity index (χ1) is 5.65. The molecule has 1 heterocycles. The summed E-state index contributed by atoms with van der Waals surface area (Å²) in [6.07, 6.45) is 0.997. The highest BCUT2D eigenvalue weighted by Gasteiger charge is 2.08. The Kier molecular flexibility index (Phi) is 3.26. The van der Waals surface area contributed by atoms with Crippen molar-refractivity contribution in [3.8, 4) is 0 Å².